The van der Waals surface area contributed by atoms with Gasteiger partial charge >= 0.3 is 0 Å². The summed E-state index contributed by atoms with van der Waals surface area (Å²) in [5.41, 5.74) is 1.76. The van der Waals surface area contributed by atoms with Crippen molar-refractivity contribution in [3.05, 3.63) is 43.0 Å². The Bertz CT molecular complexity index is 733. The molecular weight excluding hydrogens is 278 g/mol. The molecule has 1 amide bonds. The summed E-state index contributed by atoms with van der Waals surface area (Å²) in [4.78, 5) is 25.4. The molecule has 22 heavy (non-hydrogen) atoms. The van der Waals surface area contributed by atoms with E-state index in [1.54, 1.807) is 0 Å². The molecule has 0 aromatic carbocycles. The third-order valence-corrected chi connectivity index (χ3v) is 3.94. The molecule has 3 rings (SSSR count). The first kappa shape index (κ1) is 14.3. The summed E-state index contributed by atoms with van der Waals surface area (Å²) in [6.07, 6.45) is 8.72. The zero-order valence-corrected chi connectivity index (χ0v) is 12.5. The predicted molar refractivity (Wildman–Crippen MR) is 86.2 cm³/mol. The van der Waals surface area contributed by atoms with Gasteiger partial charge in [0.1, 0.15) is 17.8 Å². The van der Waals surface area contributed by atoms with Crippen LogP contribution in [0.15, 0.2) is 43.0 Å². The van der Waals surface area contributed by atoms with Gasteiger partial charge in [-0.25, -0.2) is 9.97 Å². The number of rotatable bonds is 3. The lowest BCUT2D eigenvalue weighted by Crippen LogP contribution is -2.38. The zero-order valence-electron chi connectivity index (χ0n) is 12.5. The second-order valence-corrected chi connectivity index (χ2v) is 5.41. The molecule has 2 N–H and O–H groups in total. The quantitative estimate of drug-likeness (QED) is 0.853. The molecule has 2 aromatic heterocycles. The number of aromatic amines is 1. The van der Waals surface area contributed by atoms with E-state index in [1.807, 2.05) is 17.2 Å². The van der Waals surface area contributed by atoms with Crippen molar-refractivity contribution in [3.63, 3.8) is 0 Å². The number of hydrogen-bond acceptors (Lipinski definition) is 4. The van der Waals surface area contributed by atoms with Crippen LogP contribution in [-0.4, -0.2) is 38.3 Å². The molecule has 2 aromatic rings. The highest BCUT2D eigenvalue weighted by molar-refractivity contribution is 5.88. The van der Waals surface area contributed by atoms with E-state index in [0.29, 0.717) is 6.54 Å². The molecular formula is C16H19N5O. The number of amides is 1. The Balaban J connectivity index is 1.85. The predicted octanol–water partition coefficient (Wildman–Crippen LogP) is 2.45. The van der Waals surface area contributed by atoms with Gasteiger partial charge in [0.05, 0.1) is 11.9 Å². The van der Waals surface area contributed by atoms with E-state index in [0.717, 1.165) is 35.4 Å². The van der Waals surface area contributed by atoms with Gasteiger partial charge in [-0.1, -0.05) is 12.7 Å². The largest absolute Gasteiger partial charge is 0.346 e. The van der Waals surface area contributed by atoms with Crippen molar-refractivity contribution in [2.45, 2.75) is 25.8 Å². The number of carbonyl (C=O) groups is 1. The first-order chi connectivity index (χ1) is 10.7. The summed E-state index contributed by atoms with van der Waals surface area (Å²) in [5, 5.41) is 4.27. The van der Waals surface area contributed by atoms with Crippen molar-refractivity contribution < 1.29 is 4.79 Å². The number of nitrogens with one attached hydrogen (secondary N) is 2. The summed E-state index contributed by atoms with van der Waals surface area (Å²) in [6.45, 7) is 6.18. The van der Waals surface area contributed by atoms with Gasteiger partial charge in [-0.15, -0.1) is 0 Å². The second kappa shape index (κ2) is 6.01. The number of hydrogen-bond donors (Lipinski definition) is 2. The van der Waals surface area contributed by atoms with Crippen molar-refractivity contribution in [2.75, 3.05) is 11.9 Å². The molecule has 0 unspecified atom stereocenters. The number of aromatic nitrogens is 3. The summed E-state index contributed by atoms with van der Waals surface area (Å²) in [7, 11) is 0. The van der Waals surface area contributed by atoms with Crippen molar-refractivity contribution in [1.82, 2.24) is 19.9 Å². The highest BCUT2D eigenvalue weighted by atomic mass is 16.2. The number of allylic oxidation sites excluding steroid dienone is 1. The lowest BCUT2D eigenvalue weighted by atomic mass is 10.2. The number of fused-ring (bicyclic) bond motifs is 1. The molecule has 0 aliphatic carbocycles. The van der Waals surface area contributed by atoms with Gasteiger partial charge in [-0.05, 0) is 31.9 Å². The number of carbonyl (C=O) groups excluding carboxylic acids is 1. The molecule has 114 valence electrons. The Labute approximate surface area is 128 Å². The van der Waals surface area contributed by atoms with Crippen molar-refractivity contribution in [3.8, 4) is 0 Å². The maximum Gasteiger partial charge on any atom is 0.246 e. The first-order valence-corrected chi connectivity index (χ1v) is 7.36. The fourth-order valence-corrected chi connectivity index (χ4v) is 2.69. The summed E-state index contributed by atoms with van der Waals surface area (Å²) < 4.78 is 0. The molecule has 0 saturated carbocycles. The van der Waals surface area contributed by atoms with Gasteiger partial charge < -0.3 is 15.2 Å². The Hall–Kier alpha value is -2.63. The van der Waals surface area contributed by atoms with E-state index in [4.69, 9.17) is 0 Å². The third kappa shape index (κ3) is 2.72. The number of nitrogens with zero attached hydrogens (tertiary/aromatic N) is 3. The third-order valence-electron chi connectivity index (χ3n) is 3.94. The van der Waals surface area contributed by atoms with Gasteiger partial charge in [0.15, 0.2) is 0 Å². The van der Waals surface area contributed by atoms with Crippen LogP contribution in [0.5, 0.6) is 0 Å². The highest BCUT2D eigenvalue weighted by Crippen LogP contribution is 2.22. The monoisotopic (exact) mass is 297 g/mol. The molecule has 1 aliphatic rings. The summed E-state index contributed by atoms with van der Waals surface area (Å²) in [6, 6.07) is 2.13. The molecule has 0 radical (unpaired) electrons. The van der Waals surface area contributed by atoms with E-state index in [1.165, 1.54) is 12.4 Å². The fourth-order valence-electron chi connectivity index (χ4n) is 2.69. The van der Waals surface area contributed by atoms with Crippen molar-refractivity contribution in [1.29, 1.82) is 0 Å². The van der Waals surface area contributed by atoms with Crippen LogP contribution >= 0.6 is 0 Å². The minimum atomic E-state index is -0.0448. The Morgan fingerprint density at radius 2 is 2.41 bits per heavy atom. The van der Waals surface area contributed by atoms with Crippen LogP contribution in [0.25, 0.3) is 11.0 Å². The zero-order chi connectivity index (χ0) is 15.5. The van der Waals surface area contributed by atoms with E-state index in [2.05, 4.69) is 39.8 Å². The average molecular weight is 297 g/mol. The molecule has 3 heterocycles. The van der Waals surface area contributed by atoms with E-state index in [9.17, 15) is 4.79 Å². The highest BCUT2D eigenvalue weighted by Gasteiger charge is 2.21. The van der Waals surface area contributed by atoms with Crippen LogP contribution < -0.4 is 5.32 Å². The summed E-state index contributed by atoms with van der Waals surface area (Å²) >= 11 is 0. The van der Waals surface area contributed by atoms with Crippen LogP contribution in [0.3, 0.4) is 0 Å². The Morgan fingerprint density at radius 3 is 3.23 bits per heavy atom. The minimum Gasteiger partial charge on any atom is -0.346 e. The minimum absolute atomic E-state index is 0.0448. The van der Waals surface area contributed by atoms with E-state index in [-0.39, 0.29) is 11.9 Å². The number of anilines is 1. The van der Waals surface area contributed by atoms with Crippen molar-refractivity contribution >= 4 is 22.8 Å². The Kier molecular flexibility index (Phi) is 3.91. The van der Waals surface area contributed by atoms with Crippen molar-refractivity contribution in [2.24, 2.45) is 0 Å². The van der Waals surface area contributed by atoms with Gasteiger partial charge in [0.2, 0.25) is 5.91 Å². The fraction of sp³-hybridized carbons (Fsp3) is 0.312. The Morgan fingerprint density at radius 1 is 1.55 bits per heavy atom. The molecule has 0 spiro atoms. The second-order valence-electron chi connectivity index (χ2n) is 5.41. The maximum absolute atomic E-state index is 12.0. The van der Waals surface area contributed by atoms with Gasteiger partial charge in [-0.3, -0.25) is 4.79 Å². The van der Waals surface area contributed by atoms with E-state index >= 15 is 0 Å². The molecule has 6 nitrogen and oxygen atoms in total. The first-order valence-electron chi connectivity index (χ1n) is 7.36. The van der Waals surface area contributed by atoms with Gasteiger partial charge in [-0.2, -0.15) is 0 Å². The molecule has 0 bridgehead atoms. The summed E-state index contributed by atoms with van der Waals surface area (Å²) in [5.74, 6) is 0.703. The smallest absolute Gasteiger partial charge is 0.246 e. The number of H-pyrrole nitrogens is 1. The van der Waals surface area contributed by atoms with Crippen LogP contribution in [0.4, 0.5) is 5.82 Å². The molecule has 1 aliphatic heterocycles. The molecule has 1 atom stereocenters. The SMILES string of the molecule is C=CC(=O)N1CC(Nc2ncnc3[nH]ccc23)=CCC[C@@H]1C. The molecule has 6 heteroatoms. The molecule has 0 fully saturated rings. The molecule has 0 saturated heterocycles. The lowest BCUT2D eigenvalue weighted by Gasteiger charge is -2.27. The lowest BCUT2D eigenvalue weighted by molar-refractivity contribution is -0.127. The van der Waals surface area contributed by atoms with Crippen LogP contribution in [0.2, 0.25) is 0 Å². The van der Waals surface area contributed by atoms with Crippen LogP contribution in [-0.2, 0) is 4.79 Å². The standard InChI is InChI=1S/C16H19N5O/c1-3-14(22)21-9-12(6-4-5-11(21)2)20-16-13-7-8-17-15(13)18-10-19-16/h3,6-8,10-11H,1,4-5,9H2,2H3,(H2,17,18,19,20)/t11-/m0/s1. The maximum atomic E-state index is 12.0. The normalized spacial score (nSPS) is 18.7. The van der Waals surface area contributed by atoms with Crippen LogP contribution in [0, 0.1) is 0 Å². The topological polar surface area (TPSA) is 73.9 Å². The van der Waals surface area contributed by atoms with E-state index < -0.39 is 0 Å². The van der Waals surface area contributed by atoms with Crippen LogP contribution in [0.1, 0.15) is 19.8 Å². The van der Waals surface area contributed by atoms with Gasteiger partial charge in [0.25, 0.3) is 0 Å². The van der Waals surface area contributed by atoms with Gasteiger partial charge in [0, 0.05) is 17.9 Å². The average Bonchev–Trinajstić information content (AvgIpc) is 2.93.